The van der Waals surface area contributed by atoms with Crippen molar-refractivity contribution in [2.45, 2.75) is 29.5 Å². The summed E-state index contributed by atoms with van der Waals surface area (Å²) in [5, 5.41) is 104. The van der Waals surface area contributed by atoms with E-state index in [1.165, 1.54) is 17.0 Å². The molecule has 41 rings (SSSR count). The Kier molecular flexibility index (Phi) is 3.35. The summed E-state index contributed by atoms with van der Waals surface area (Å²) >= 11 is 0. The van der Waals surface area contributed by atoms with Crippen LogP contribution in [0.1, 0.15) is 51.3 Å². The molecule has 388 valence electrons. The molecule has 4 aliphatic carbocycles. The fourth-order valence-corrected chi connectivity index (χ4v) is 31.5. The van der Waals surface area contributed by atoms with Crippen molar-refractivity contribution in [1.29, 1.82) is 0 Å². The summed E-state index contributed by atoms with van der Waals surface area (Å²) in [7, 11) is 0. The first-order valence-electron chi connectivity index (χ1n) is 33.9. The molecule has 0 bridgehead atoms. The van der Waals surface area contributed by atoms with Gasteiger partial charge in [0.05, 0.1) is 34.3 Å². The van der Waals surface area contributed by atoms with Gasteiger partial charge in [0.1, 0.15) is 0 Å². The van der Waals surface area contributed by atoms with Crippen molar-refractivity contribution in [1.82, 2.24) is 19.9 Å². The van der Waals surface area contributed by atoms with Gasteiger partial charge in [-0.25, -0.2) is 0 Å². The molecule has 2 spiro atoms. The standard InChI is InChI=1S/C88H16N4/c1-3-10-90-15(7-1)85-87-81-73-65-55-45-38-29-23-17-18-20-22-21-19(17)25-32-27(21)36-37-28(22)33-26(20)35-31(24(18)29)40-46(38)56(55)66-60-50(40)42(35)52-44(33)54-48(37)58-57-47(36)53-43(32)51-41-34(25)30(23)39(45)49(41)59(65)69-63(51)71-61(53)67(57)75-76-68(58)62(54)72-64(52)70(60)78(82(87)74(66)73)80(72)84(76)88(87,83(75)79(71)77(69)81)86(16-8-2-4-11-91-16)92(85)13-14-6-5-9-89-12-14/h1-12,85-86H,13H2/t85-,86-,87?,88?/m1/s1. The predicted molar refractivity (Wildman–Crippen MR) is 381 cm³/mol. The van der Waals surface area contributed by atoms with Crippen LogP contribution in [0.5, 0.6) is 0 Å². The Morgan fingerprint density at radius 2 is 0.435 bits per heavy atom. The molecule has 1 saturated heterocycles. The molecule has 5 aliphatic rings. The van der Waals surface area contributed by atoms with E-state index in [0.29, 0.717) is 6.54 Å². The van der Waals surface area contributed by atoms with Gasteiger partial charge in [-0.3, -0.25) is 19.9 Å². The molecule has 4 heterocycles. The lowest BCUT2D eigenvalue weighted by Gasteiger charge is -2.53. The zero-order valence-corrected chi connectivity index (χ0v) is 47.1. The lowest BCUT2D eigenvalue weighted by Crippen LogP contribution is -2.52. The van der Waals surface area contributed by atoms with Gasteiger partial charge in [0.15, 0.2) is 0 Å². The number of pyridine rings is 3. The van der Waals surface area contributed by atoms with Crippen LogP contribution in [-0.2, 0) is 17.4 Å². The normalized spacial score (nSPS) is 22.4. The van der Waals surface area contributed by atoms with Crippen LogP contribution in [0.25, 0.3) is 345 Å². The third-order valence-corrected chi connectivity index (χ3v) is 31.7. The van der Waals surface area contributed by atoms with Crippen molar-refractivity contribution >= 4 is 345 Å². The molecule has 0 radical (unpaired) electrons. The summed E-state index contributed by atoms with van der Waals surface area (Å²) in [6.45, 7) is 0.713. The quantitative estimate of drug-likeness (QED) is 0.130. The average molecular weight is 1130 g/mol. The van der Waals surface area contributed by atoms with Gasteiger partial charge < -0.3 is 0 Å². The highest BCUT2D eigenvalue weighted by Gasteiger charge is 2.80. The first-order chi connectivity index (χ1) is 45.9. The average Bonchev–Trinajstić information content (AvgIpc) is 1.38. The van der Waals surface area contributed by atoms with E-state index in [4.69, 9.17) is 15.0 Å². The van der Waals surface area contributed by atoms with Gasteiger partial charge in [-0.1, -0.05) is 18.2 Å². The molecule has 33 aromatic carbocycles. The van der Waals surface area contributed by atoms with Crippen LogP contribution in [0.15, 0.2) is 73.3 Å². The molecule has 0 unspecified atom stereocenters. The Labute approximate surface area is 503 Å². The number of hydrogen-bond acceptors (Lipinski definition) is 4. The predicted octanol–water partition coefficient (Wildman–Crippen LogP) is 22.4. The molecular formula is C88H16N4. The number of aromatic nitrogens is 3. The molecule has 92 heavy (non-hydrogen) atoms. The second kappa shape index (κ2) is 8.63. The lowest BCUT2D eigenvalue weighted by molar-refractivity contribution is 0.159. The molecular weight excluding hydrogens is 1110 g/mol. The Bertz CT molecular complexity index is 9390. The first kappa shape index (κ1) is 35.7. The molecule has 36 aromatic rings. The van der Waals surface area contributed by atoms with Crippen LogP contribution >= 0.6 is 0 Å². The van der Waals surface area contributed by atoms with Crippen molar-refractivity contribution in [3.63, 3.8) is 0 Å². The van der Waals surface area contributed by atoms with E-state index in [1.54, 1.807) is 367 Å². The van der Waals surface area contributed by atoms with E-state index in [9.17, 15) is 0 Å². The van der Waals surface area contributed by atoms with Crippen LogP contribution in [0.3, 0.4) is 0 Å². The van der Waals surface area contributed by atoms with E-state index in [1.807, 2.05) is 6.20 Å². The Morgan fingerprint density at radius 3 is 0.609 bits per heavy atom. The Balaban J connectivity index is 1.01. The third-order valence-electron chi connectivity index (χ3n) is 31.7. The first-order valence-corrected chi connectivity index (χ1v) is 33.9. The maximum atomic E-state index is 5.90. The summed E-state index contributed by atoms with van der Waals surface area (Å²) in [6, 6.07) is 18.2. The highest BCUT2D eigenvalue weighted by Crippen LogP contribution is 2.89. The number of nitrogens with zero attached hydrogens (tertiary/aromatic N) is 4. The van der Waals surface area contributed by atoms with E-state index in [0.717, 1.165) is 0 Å². The van der Waals surface area contributed by atoms with Crippen molar-refractivity contribution in [2.24, 2.45) is 0 Å². The van der Waals surface area contributed by atoms with Crippen LogP contribution in [0, 0.1) is 0 Å². The van der Waals surface area contributed by atoms with Gasteiger partial charge in [-0.15, -0.1) is 0 Å². The van der Waals surface area contributed by atoms with E-state index in [-0.39, 0.29) is 12.1 Å². The molecule has 2 atom stereocenters. The van der Waals surface area contributed by atoms with Gasteiger partial charge in [0.2, 0.25) is 0 Å². The zero-order chi connectivity index (χ0) is 55.0. The minimum atomic E-state index is -0.651. The molecule has 1 aliphatic heterocycles. The van der Waals surface area contributed by atoms with E-state index in [2.05, 4.69) is 72.0 Å². The third kappa shape index (κ3) is 2.07. The van der Waals surface area contributed by atoms with Crippen LogP contribution in [0.2, 0.25) is 0 Å². The summed E-state index contributed by atoms with van der Waals surface area (Å²) in [4.78, 5) is 19.8. The largest absolute Gasteiger partial charge is 0.279 e. The van der Waals surface area contributed by atoms with Gasteiger partial charge >= 0.3 is 0 Å². The highest BCUT2D eigenvalue weighted by molar-refractivity contribution is 6.84. The monoisotopic (exact) mass is 1130 g/mol. The van der Waals surface area contributed by atoms with Crippen molar-refractivity contribution < 1.29 is 0 Å². The number of rotatable bonds is 4. The lowest BCUT2D eigenvalue weighted by atomic mass is 9.46. The topological polar surface area (TPSA) is 41.9 Å². The second-order valence-corrected chi connectivity index (χ2v) is 32.5. The SMILES string of the molecule is c1ccc([C@H]2N(Cc3cccnc3)[C@H](c3ccccn3)C34c5c6c7c8c9c%10c(c%11c%12c3c3c5c5c%13c6c6c7c7c9c9c%14c%10c%10c%11c%11c%12c%12c3c3c5c5c%13c%13c6c6c7c7c9c9c%14c%14c%10c%10c%11c%11c%12c3c3c5c5c%13c%12c6c7c6c9c7c%14c%10c9c%11c3c3c5c%12c6c7c93)C824)nc1. The summed E-state index contributed by atoms with van der Waals surface area (Å²) in [5.74, 6) is 0. The number of benzene rings is 23. The Morgan fingerprint density at radius 1 is 0.228 bits per heavy atom. The number of hydrogen-bond donors (Lipinski definition) is 0. The minimum absolute atomic E-state index is 0.186. The molecule has 0 amide bonds. The molecule has 3 aromatic heterocycles. The molecule has 0 N–H and O–H groups in total. The second-order valence-electron chi connectivity index (χ2n) is 32.5. The fourth-order valence-electron chi connectivity index (χ4n) is 31.5. The molecule has 0 saturated carbocycles. The maximum absolute atomic E-state index is 5.90. The van der Waals surface area contributed by atoms with Crippen molar-refractivity contribution in [3.05, 3.63) is 113 Å². The maximum Gasteiger partial charge on any atom is 0.0682 e. The number of likely N-dealkylation sites (tertiary alicyclic amines) is 1. The molecule has 4 heteroatoms. The van der Waals surface area contributed by atoms with Gasteiger partial charge in [-0.05, 0) is 403 Å². The van der Waals surface area contributed by atoms with Crippen molar-refractivity contribution in [2.75, 3.05) is 0 Å². The van der Waals surface area contributed by atoms with Gasteiger partial charge in [-0.2, -0.15) is 0 Å². The zero-order valence-electron chi connectivity index (χ0n) is 47.1. The minimum Gasteiger partial charge on any atom is -0.279 e. The smallest absolute Gasteiger partial charge is 0.0682 e. The van der Waals surface area contributed by atoms with Gasteiger partial charge in [0, 0.05) is 31.3 Å². The Hall–Kier alpha value is -11.4. The molecule has 4 nitrogen and oxygen atoms in total. The fraction of sp³-hybridized carbons (Fsp3) is 0.0568. The van der Waals surface area contributed by atoms with E-state index < -0.39 is 10.8 Å². The van der Waals surface area contributed by atoms with Crippen LogP contribution < -0.4 is 0 Å². The highest BCUT2D eigenvalue weighted by atomic mass is 15.3. The summed E-state index contributed by atoms with van der Waals surface area (Å²) in [5.41, 5.74) is 8.95. The van der Waals surface area contributed by atoms with Crippen LogP contribution in [0.4, 0.5) is 0 Å². The van der Waals surface area contributed by atoms with Crippen molar-refractivity contribution in [3.8, 4) is 0 Å². The summed E-state index contributed by atoms with van der Waals surface area (Å²) in [6.07, 6.45) is 8.45. The van der Waals surface area contributed by atoms with E-state index >= 15 is 0 Å². The molecule has 1 fully saturated rings. The van der Waals surface area contributed by atoms with Gasteiger partial charge in [0.25, 0.3) is 0 Å². The van der Waals surface area contributed by atoms with Crippen LogP contribution in [-0.4, -0.2) is 19.9 Å². The summed E-state index contributed by atoms with van der Waals surface area (Å²) < 4.78 is 0.